The molecule has 1 aromatic heterocycles. The number of thiophene rings is 1. The lowest BCUT2D eigenvalue weighted by Crippen LogP contribution is -2.33. The number of carbonyl (C=O) groups is 4. The number of amides is 3. The molecule has 0 unspecified atom stereocenters. The molecule has 34 heavy (non-hydrogen) atoms. The second-order valence-electron chi connectivity index (χ2n) is 7.27. The van der Waals surface area contributed by atoms with Crippen LogP contribution in [0.5, 0.6) is 11.5 Å². The number of nitrogens with zero attached hydrogens (tertiary/aromatic N) is 1. The van der Waals surface area contributed by atoms with Gasteiger partial charge >= 0.3 is 17.8 Å². The van der Waals surface area contributed by atoms with Crippen molar-refractivity contribution < 1.29 is 33.4 Å². The van der Waals surface area contributed by atoms with Gasteiger partial charge in [-0.1, -0.05) is 0 Å². The molecule has 3 amide bonds. The molecule has 11 nitrogen and oxygen atoms in total. The van der Waals surface area contributed by atoms with Crippen molar-refractivity contribution in [1.82, 2.24) is 5.43 Å². The molecule has 0 atom stereocenters. The Labute approximate surface area is 199 Å². The molecule has 1 aliphatic carbocycles. The van der Waals surface area contributed by atoms with E-state index in [1.165, 1.54) is 25.6 Å². The molecule has 0 bridgehead atoms. The van der Waals surface area contributed by atoms with E-state index in [1.54, 1.807) is 25.1 Å². The Morgan fingerprint density at radius 3 is 2.56 bits per heavy atom. The summed E-state index contributed by atoms with van der Waals surface area (Å²) in [6.07, 6.45) is 2.46. The Hall–Kier alpha value is -3.93. The van der Waals surface area contributed by atoms with Gasteiger partial charge in [0.1, 0.15) is 5.00 Å². The van der Waals surface area contributed by atoms with Crippen LogP contribution in [0.15, 0.2) is 23.3 Å². The number of nitrogens with two attached hydrogens (primary N) is 1. The summed E-state index contributed by atoms with van der Waals surface area (Å²) in [4.78, 5) is 48.8. The van der Waals surface area contributed by atoms with Gasteiger partial charge in [0, 0.05) is 10.4 Å². The SMILES string of the molecule is COC(=O)c1c(NC(=O)C(=O)NN=C(C)c2ccc(OCC(N)=O)c(OC)c2)sc2c1CCC2. The first kappa shape index (κ1) is 24.7. The number of hydrogen-bond donors (Lipinski definition) is 3. The highest BCUT2D eigenvalue weighted by molar-refractivity contribution is 7.17. The van der Waals surface area contributed by atoms with Crippen LogP contribution in [0.4, 0.5) is 5.00 Å². The van der Waals surface area contributed by atoms with Gasteiger partial charge in [-0.2, -0.15) is 5.10 Å². The largest absolute Gasteiger partial charge is 0.493 e. The third-order valence-electron chi connectivity index (χ3n) is 5.02. The molecule has 0 spiro atoms. The smallest absolute Gasteiger partial charge is 0.341 e. The quantitative estimate of drug-likeness (QED) is 0.219. The van der Waals surface area contributed by atoms with Crippen molar-refractivity contribution >= 4 is 45.7 Å². The van der Waals surface area contributed by atoms with Crippen molar-refractivity contribution in [3.63, 3.8) is 0 Å². The zero-order valence-corrected chi connectivity index (χ0v) is 19.7. The van der Waals surface area contributed by atoms with E-state index in [2.05, 4.69) is 15.8 Å². The fourth-order valence-electron chi connectivity index (χ4n) is 3.38. The molecule has 180 valence electrons. The maximum atomic E-state index is 12.4. The Bertz CT molecular complexity index is 1170. The lowest BCUT2D eigenvalue weighted by Gasteiger charge is -2.11. The molecule has 12 heteroatoms. The number of primary amides is 1. The average molecular weight is 489 g/mol. The molecule has 0 saturated carbocycles. The first-order chi connectivity index (χ1) is 16.2. The molecule has 2 aromatic rings. The lowest BCUT2D eigenvalue weighted by atomic mass is 10.1. The van der Waals surface area contributed by atoms with Crippen molar-refractivity contribution in [2.24, 2.45) is 10.8 Å². The van der Waals surface area contributed by atoms with Crippen LogP contribution in [-0.4, -0.2) is 50.2 Å². The van der Waals surface area contributed by atoms with Crippen LogP contribution in [-0.2, 0) is 32.0 Å². The van der Waals surface area contributed by atoms with Gasteiger partial charge in [0.25, 0.3) is 5.91 Å². The van der Waals surface area contributed by atoms with E-state index in [0.29, 0.717) is 28.3 Å². The Balaban J connectivity index is 1.68. The topological polar surface area (TPSA) is 158 Å². The number of hydrazone groups is 1. The minimum Gasteiger partial charge on any atom is -0.493 e. The molecule has 0 aliphatic heterocycles. The summed E-state index contributed by atoms with van der Waals surface area (Å²) in [7, 11) is 2.69. The minimum absolute atomic E-state index is 0.286. The predicted molar refractivity (Wildman–Crippen MR) is 124 cm³/mol. The number of anilines is 1. The summed E-state index contributed by atoms with van der Waals surface area (Å²) in [6, 6.07) is 4.80. The molecule has 3 rings (SSSR count). The number of methoxy groups -OCH3 is 2. The number of aryl methyl sites for hydroxylation is 1. The zero-order valence-electron chi connectivity index (χ0n) is 18.9. The van der Waals surface area contributed by atoms with Crippen molar-refractivity contribution in [3.05, 3.63) is 39.8 Å². The van der Waals surface area contributed by atoms with Crippen LogP contribution >= 0.6 is 11.3 Å². The number of carbonyl (C=O) groups excluding carboxylic acids is 4. The van der Waals surface area contributed by atoms with Crippen LogP contribution in [0.1, 0.15) is 39.7 Å². The number of ether oxygens (including phenoxy) is 3. The summed E-state index contributed by atoms with van der Waals surface area (Å²) < 4.78 is 15.4. The number of hydrogen-bond acceptors (Lipinski definition) is 9. The fraction of sp³-hybridized carbons (Fsp3) is 0.318. The van der Waals surface area contributed by atoms with Gasteiger partial charge in [-0.25, -0.2) is 10.2 Å². The molecular weight excluding hydrogens is 464 g/mol. The van der Waals surface area contributed by atoms with E-state index in [0.717, 1.165) is 29.7 Å². The van der Waals surface area contributed by atoms with Crippen LogP contribution in [0, 0.1) is 0 Å². The summed E-state index contributed by atoms with van der Waals surface area (Å²) in [5.74, 6) is -2.51. The standard InChI is InChI=1S/C22H24N4O7S/c1-11(12-7-8-14(15(9-12)31-2)33-10-17(23)27)25-26-20(29)19(28)24-21-18(22(30)32-3)13-5-4-6-16(13)34-21/h7-9H,4-6,10H2,1-3H3,(H2,23,27)(H,24,28)(H,26,29). The fourth-order valence-corrected chi connectivity index (χ4v) is 4.65. The summed E-state index contributed by atoms with van der Waals surface area (Å²) >= 11 is 1.27. The molecular formula is C22H24N4O7S. The van der Waals surface area contributed by atoms with E-state index in [9.17, 15) is 19.2 Å². The molecule has 4 N–H and O–H groups in total. The molecule has 1 aliphatic rings. The zero-order chi connectivity index (χ0) is 24.8. The highest BCUT2D eigenvalue weighted by Gasteiger charge is 2.29. The highest BCUT2D eigenvalue weighted by Crippen LogP contribution is 2.39. The Morgan fingerprint density at radius 1 is 1.12 bits per heavy atom. The first-order valence-electron chi connectivity index (χ1n) is 10.2. The lowest BCUT2D eigenvalue weighted by molar-refractivity contribution is -0.136. The van der Waals surface area contributed by atoms with Crippen LogP contribution < -0.4 is 25.9 Å². The minimum atomic E-state index is -1.00. The molecule has 1 aromatic carbocycles. The van der Waals surface area contributed by atoms with Gasteiger partial charge in [-0.05, 0) is 49.9 Å². The van der Waals surface area contributed by atoms with E-state index >= 15 is 0 Å². The van der Waals surface area contributed by atoms with E-state index in [4.69, 9.17) is 19.9 Å². The first-order valence-corrected chi connectivity index (χ1v) is 11.0. The Kier molecular flexibility index (Phi) is 7.84. The van der Waals surface area contributed by atoms with Crippen LogP contribution in [0.25, 0.3) is 0 Å². The summed E-state index contributed by atoms with van der Waals surface area (Å²) in [5.41, 5.74) is 9.39. The number of nitrogens with one attached hydrogen (secondary N) is 2. The third kappa shape index (κ3) is 5.52. The van der Waals surface area contributed by atoms with Gasteiger partial charge in [-0.15, -0.1) is 11.3 Å². The summed E-state index contributed by atoms with van der Waals surface area (Å²) in [6.45, 7) is 1.31. The van der Waals surface area contributed by atoms with E-state index < -0.39 is 23.7 Å². The van der Waals surface area contributed by atoms with Crippen molar-refractivity contribution in [2.45, 2.75) is 26.2 Å². The number of fused-ring (bicyclic) bond motifs is 1. The van der Waals surface area contributed by atoms with Crippen molar-refractivity contribution in [2.75, 3.05) is 26.1 Å². The van der Waals surface area contributed by atoms with Gasteiger partial charge in [0.05, 0.1) is 25.5 Å². The predicted octanol–water partition coefficient (Wildman–Crippen LogP) is 1.37. The molecule has 0 radical (unpaired) electrons. The van der Waals surface area contributed by atoms with Crippen molar-refractivity contribution in [3.8, 4) is 11.5 Å². The summed E-state index contributed by atoms with van der Waals surface area (Å²) in [5, 5.41) is 6.73. The molecule has 0 saturated heterocycles. The van der Waals surface area contributed by atoms with Gasteiger partial charge in [0.15, 0.2) is 18.1 Å². The van der Waals surface area contributed by atoms with Crippen molar-refractivity contribution in [1.29, 1.82) is 0 Å². The number of rotatable bonds is 8. The number of esters is 1. The maximum Gasteiger partial charge on any atom is 0.341 e. The van der Waals surface area contributed by atoms with Crippen LogP contribution in [0.2, 0.25) is 0 Å². The third-order valence-corrected chi connectivity index (χ3v) is 6.23. The highest BCUT2D eigenvalue weighted by atomic mass is 32.1. The Morgan fingerprint density at radius 2 is 1.88 bits per heavy atom. The van der Waals surface area contributed by atoms with E-state index in [1.807, 2.05) is 0 Å². The molecule has 1 heterocycles. The van der Waals surface area contributed by atoms with Gasteiger partial charge < -0.3 is 25.3 Å². The van der Waals surface area contributed by atoms with E-state index in [-0.39, 0.29) is 11.6 Å². The second kappa shape index (κ2) is 10.8. The van der Waals surface area contributed by atoms with Gasteiger partial charge in [-0.3, -0.25) is 14.4 Å². The normalized spacial score (nSPS) is 12.5. The average Bonchev–Trinajstić information content (AvgIpc) is 3.41. The monoisotopic (exact) mass is 488 g/mol. The number of benzene rings is 1. The molecule has 0 fully saturated rings. The maximum absolute atomic E-state index is 12.4. The second-order valence-corrected chi connectivity index (χ2v) is 8.37. The van der Waals surface area contributed by atoms with Gasteiger partial charge in [0.2, 0.25) is 0 Å². The van der Waals surface area contributed by atoms with Crippen LogP contribution in [0.3, 0.4) is 0 Å².